The lowest BCUT2D eigenvalue weighted by Gasteiger charge is -2.08. The molecule has 0 bridgehead atoms. The Hall–Kier alpha value is -2.42. The zero-order valence-electron chi connectivity index (χ0n) is 10.4. The van der Waals surface area contributed by atoms with Crippen LogP contribution in [0.25, 0.3) is 22.2 Å². The van der Waals surface area contributed by atoms with Crippen LogP contribution in [0.1, 0.15) is 5.56 Å². The highest BCUT2D eigenvalue weighted by molar-refractivity contribution is 5.83. The first-order chi connectivity index (χ1) is 9.16. The molecule has 2 nitrogen and oxygen atoms in total. The minimum absolute atomic E-state index is 0.0624. The SMILES string of the molecule is Cc1c(-c2ccccc2)[nH]c2cc(F)ccc2c1=O. The van der Waals surface area contributed by atoms with Gasteiger partial charge in [0.05, 0.1) is 11.2 Å². The summed E-state index contributed by atoms with van der Waals surface area (Å²) >= 11 is 0. The maximum Gasteiger partial charge on any atom is 0.192 e. The van der Waals surface area contributed by atoms with Gasteiger partial charge in [-0.15, -0.1) is 0 Å². The maximum absolute atomic E-state index is 13.3. The highest BCUT2D eigenvalue weighted by Crippen LogP contribution is 2.22. The minimum Gasteiger partial charge on any atom is -0.354 e. The Balaban J connectivity index is 2.38. The van der Waals surface area contributed by atoms with Gasteiger partial charge in [0.15, 0.2) is 5.43 Å². The second-order valence-corrected chi connectivity index (χ2v) is 4.51. The number of nitrogens with one attached hydrogen (secondary N) is 1. The van der Waals surface area contributed by atoms with Gasteiger partial charge >= 0.3 is 0 Å². The molecule has 0 amide bonds. The third-order valence-corrected chi connectivity index (χ3v) is 3.26. The standard InChI is InChI=1S/C16H12FNO/c1-10-15(11-5-3-2-4-6-11)18-14-9-12(17)7-8-13(14)16(10)19/h2-9H,1H3,(H,18,19). The predicted molar refractivity (Wildman–Crippen MR) is 74.7 cm³/mol. The third kappa shape index (κ3) is 1.93. The molecule has 3 aromatic rings. The average Bonchev–Trinajstić information content (AvgIpc) is 2.43. The minimum atomic E-state index is -0.356. The molecule has 1 aromatic heterocycles. The number of benzene rings is 2. The highest BCUT2D eigenvalue weighted by atomic mass is 19.1. The monoisotopic (exact) mass is 253 g/mol. The summed E-state index contributed by atoms with van der Waals surface area (Å²) in [6.45, 7) is 1.78. The molecular formula is C16H12FNO. The van der Waals surface area contributed by atoms with E-state index in [1.165, 1.54) is 18.2 Å². The van der Waals surface area contributed by atoms with E-state index in [0.29, 0.717) is 16.5 Å². The summed E-state index contributed by atoms with van der Waals surface area (Å²) in [6, 6.07) is 13.7. The maximum atomic E-state index is 13.3. The van der Waals surface area contributed by atoms with Crippen LogP contribution in [0.3, 0.4) is 0 Å². The van der Waals surface area contributed by atoms with E-state index in [4.69, 9.17) is 0 Å². The molecule has 94 valence electrons. The average molecular weight is 253 g/mol. The van der Waals surface area contributed by atoms with Crippen LogP contribution >= 0.6 is 0 Å². The smallest absolute Gasteiger partial charge is 0.192 e. The molecule has 0 radical (unpaired) electrons. The Morgan fingerprint density at radius 2 is 1.79 bits per heavy atom. The topological polar surface area (TPSA) is 32.9 Å². The fourth-order valence-electron chi connectivity index (χ4n) is 2.26. The largest absolute Gasteiger partial charge is 0.354 e. The van der Waals surface area contributed by atoms with Crippen LogP contribution in [-0.2, 0) is 0 Å². The Labute approximate surface area is 109 Å². The molecular weight excluding hydrogens is 241 g/mol. The van der Waals surface area contributed by atoms with Crippen LogP contribution in [-0.4, -0.2) is 4.98 Å². The fraction of sp³-hybridized carbons (Fsp3) is 0.0625. The normalized spacial score (nSPS) is 10.8. The first-order valence-electron chi connectivity index (χ1n) is 6.04. The Morgan fingerprint density at radius 1 is 1.05 bits per heavy atom. The molecule has 0 aliphatic carbocycles. The predicted octanol–water partition coefficient (Wildman–Crippen LogP) is 3.64. The van der Waals surface area contributed by atoms with Crippen LogP contribution in [0, 0.1) is 12.7 Å². The van der Waals surface area contributed by atoms with Crippen LogP contribution in [0.15, 0.2) is 53.3 Å². The first-order valence-corrected chi connectivity index (χ1v) is 6.04. The van der Waals surface area contributed by atoms with Crippen molar-refractivity contribution in [2.24, 2.45) is 0 Å². The van der Waals surface area contributed by atoms with Gasteiger partial charge in [0.25, 0.3) is 0 Å². The number of rotatable bonds is 1. The van der Waals surface area contributed by atoms with Gasteiger partial charge in [-0.3, -0.25) is 4.79 Å². The van der Waals surface area contributed by atoms with Gasteiger partial charge < -0.3 is 4.98 Å². The van der Waals surface area contributed by atoms with Gasteiger partial charge in [-0.1, -0.05) is 30.3 Å². The molecule has 0 atom stereocenters. The van der Waals surface area contributed by atoms with E-state index in [-0.39, 0.29) is 11.2 Å². The number of halogens is 1. The third-order valence-electron chi connectivity index (χ3n) is 3.26. The van der Waals surface area contributed by atoms with Crippen molar-refractivity contribution in [1.82, 2.24) is 4.98 Å². The quantitative estimate of drug-likeness (QED) is 0.705. The highest BCUT2D eigenvalue weighted by Gasteiger charge is 2.10. The molecule has 0 saturated heterocycles. The van der Waals surface area contributed by atoms with Crippen molar-refractivity contribution >= 4 is 10.9 Å². The summed E-state index contributed by atoms with van der Waals surface area (Å²) in [5.74, 6) is -0.356. The Kier molecular flexibility index (Phi) is 2.67. The fourth-order valence-corrected chi connectivity index (χ4v) is 2.26. The number of H-pyrrole nitrogens is 1. The summed E-state index contributed by atoms with van der Waals surface area (Å²) in [5, 5.41) is 0.513. The molecule has 0 spiro atoms. The van der Waals surface area contributed by atoms with Crippen molar-refractivity contribution in [2.45, 2.75) is 6.92 Å². The zero-order valence-corrected chi connectivity index (χ0v) is 10.4. The molecule has 0 fully saturated rings. The number of hydrogen-bond donors (Lipinski definition) is 1. The lowest BCUT2D eigenvalue weighted by molar-refractivity contribution is 0.629. The van der Waals surface area contributed by atoms with E-state index < -0.39 is 0 Å². The van der Waals surface area contributed by atoms with Gasteiger partial charge in [-0.25, -0.2) is 4.39 Å². The number of pyridine rings is 1. The van der Waals surface area contributed by atoms with Crippen LogP contribution < -0.4 is 5.43 Å². The van der Waals surface area contributed by atoms with E-state index in [1.54, 1.807) is 6.92 Å². The molecule has 19 heavy (non-hydrogen) atoms. The Morgan fingerprint density at radius 3 is 2.53 bits per heavy atom. The van der Waals surface area contributed by atoms with Gasteiger partial charge in [0.1, 0.15) is 5.82 Å². The molecule has 1 heterocycles. The van der Waals surface area contributed by atoms with Crippen molar-refractivity contribution < 1.29 is 4.39 Å². The number of fused-ring (bicyclic) bond motifs is 1. The van der Waals surface area contributed by atoms with E-state index in [0.717, 1.165) is 11.3 Å². The molecule has 2 aromatic carbocycles. The van der Waals surface area contributed by atoms with Crippen molar-refractivity contribution in [3.8, 4) is 11.3 Å². The summed E-state index contributed by atoms with van der Waals surface area (Å²) in [6.07, 6.45) is 0. The molecule has 0 aliphatic rings. The number of aromatic amines is 1. The van der Waals surface area contributed by atoms with Crippen molar-refractivity contribution in [3.63, 3.8) is 0 Å². The second-order valence-electron chi connectivity index (χ2n) is 4.51. The summed E-state index contributed by atoms with van der Waals surface area (Å²) in [5.41, 5.74) is 2.76. The van der Waals surface area contributed by atoms with Gasteiger partial charge in [-0.05, 0) is 30.7 Å². The van der Waals surface area contributed by atoms with Crippen LogP contribution in [0.4, 0.5) is 4.39 Å². The second kappa shape index (κ2) is 4.35. The van der Waals surface area contributed by atoms with E-state index >= 15 is 0 Å². The summed E-state index contributed by atoms with van der Waals surface area (Å²) in [7, 11) is 0. The lowest BCUT2D eigenvalue weighted by atomic mass is 10.0. The first kappa shape index (κ1) is 11.7. The summed E-state index contributed by atoms with van der Waals surface area (Å²) in [4.78, 5) is 15.4. The van der Waals surface area contributed by atoms with Gasteiger partial charge in [-0.2, -0.15) is 0 Å². The van der Waals surface area contributed by atoms with Crippen molar-refractivity contribution in [3.05, 3.63) is 70.1 Å². The molecule has 3 rings (SSSR count). The van der Waals surface area contributed by atoms with E-state index in [2.05, 4.69) is 4.98 Å². The molecule has 0 unspecified atom stereocenters. The molecule has 3 heteroatoms. The molecule has 0 saturated carbocycles. The van der Waals surface area contributed by atoms with Crippen LogP contribution in [0.2, 0.25) is 0 Å². The molecule has 1 N–H and O–H groups in total. The zero-order chi connectivity index (χ0) is 13.4. The number of aromatic nitrogens is 1. The molecule has 0 aliphatic heterocycles. The number of hydrogen-bond acceptors (Lipinski definition) is 1. The van der Waals surface area contributed by atoms with Crippen molar-refractivity contribution in [2.75, 3.05) is 0 Å². The lowest BCUT2D eigenvalue weighted by Crippen LogP contribution is -2.09. The van der Waals surface area contributed by atoms with Crippen molar-refractivity contribution in [1.29, 1.82) is 0 Å². The van der Waals surface area contributed by atoms with E-state index in [9.17, 15) is 9.18 Å². The van der Waals surface area contributed by atoms with Gasteiger partial charge in [0.2, 0.25) is 0 Å². The van der Waals surface area contributed by atoms with E-state index in [1.807, 2.05) is 30.3 Å². The van der Waals surface area contributed by atoms with Crippen LogP contribution in [0.5, 0.6) is 0 Å². The Bertz CT molecular complexity index is 806. The summed E-state index contributed by atoms with van der Waals surface area (Å²) < 4.78 is 13.3. The van der Waals surface area contributed by atoms with Gasteiger partial charge in [0, 0.05) is 10.9 Å².